The normalized spacial score (nSPS) is 11.0. The molecule has 1 heterocycles. The highest BCUT2D eigenvalue weighted by molar-refractivity contribution is 6.07. The Morgan fingerprint density at radius 2 is 2.00 bits per heavy atom. The first-order valence-corrected chi connectivity index (χ1v) is 7.71. The van der Waals surface area contributed by atoms with Gasteiger partial charge in [-0.1, -0.05) is 38.1 Å². The molecule has 24 heavy (non-hydrogen) atoms. The number of aromatic nitrogens is 1. The van der Waals surface area contributed by atoms with E-state index in [1.807, 2.05) is 43.3 Å². The largest absolute Gasteiger partial charge is 0.345 e. The Morgan fingerprint density at radius 3 is 2.62 bits per heavy atom. The second-order valence-corrected chi connectivity index (χ2v) is 5.73. The standard InChI is InChI=1S/C19H20N4O/c1-13(2)16-6-4-5-7-17(16)23-19(24)15(10-20)12-22-18-9-8-14(3)11-21-18/h4-9,11-13H,1-3H3,(H,21,22)(H,23,24)/b15-12-. The van der Waals surface area contributed by atoms with E-state index >= 15 is 0 Å². The summed E-state index contributed by atoms with van der Waals surface area (Å²) in [7, 11) is 0. The number of benzene rings is 1. The van der Waals surface area contributed by atoms with Crippen molar-refractivity contribution in [3.05, 3.63) is 65.5 Å². The minimum Gasteiger partial charge on any atom is -0.345 e. The van der Waals surface area contributed by atoms with Gasteiger partial charge in [0, 0.05) is 18.1 Å². The number of carbonyl (C=O) groups is 1. The maximum Gasteiger partial charge on any atom is 0.267 e. The van der Waals surface area contributed by atoms with Crippen molar-refractivity contribution in [2.24, 2.45) is 0 Å². The molecule has 5 nitrogen and oxygen atoms in total. The summed E-state index contributed by atoms with van der Waals surface area (Å²) in [5, 5.41) is 14.9. The van der Waals surface area contributed by atoms with E-state index in [0.717, 1.165) is 11.1 Å². The maximum atomic E-state index is 12.3. The molecule has 2 N–H and O–H groups in total. The SMILES string of the molecule is Cc1ccc(N/C=C(/C#N)C(=O)Nc2ccccc2C(C)C)nc1. The molecule has 122 valence electrons. The molecule has 0 aliphatic carbocycles. The van der Waals surface area contributed by atoms with E-state index in [1.54, 1.807) is 12.3 Å². The summed E-state index contributed by atoms with van der Waals surface area (Å²) in [6, 6.07) is 13.2. The summed E-state index contributed by atoms with van der Waals surface area (Å²) < 4.78 is 0. The van der Waals surface area contributed by atoms with Crippen LogP contribution < -0.4 is 10.6 Å². The van der Waals surface area contributed by atoms with Crippen LogP contribution in [0.5, 0.6) is 0 Å². The molecule has 0 radical (unpaired) electrons. The number of anilines is 2. The average molecular weight is 320 g/mol. The topological polar surface area (TPSA) is 77.8 Å². The number of hydrogen-bond acceptors (Lipinski definition) is 4. The first-order chi connectivity index (χ1) is 11.5. The zero-order chi connectivity index (χ0) is 17.5. The molecule has 2 aromatic rings. The van der Waals surface area contributed by atoms with E-state index in [1.165, 1.54) is 6.20 Å². The molecular weight excluding hydrogens is 300 g/mol. The number of aryl methyl sites for hydroxylation is 1. The number of amides is 1. The molecule has 0 saturated heterocycles. The second kappa shape index (κ2) is 7.93. The van der Waals surface area contributed by atoms with Crippen LogP contribution in [0, 0.1) is 18.3 Å². The minimum absolute atomic E-state index is 0.0177. The van der Waals surface area contributed by atoms with Crippen LogP contribution in [-0.2, 0) is 4.79 Å². The van der Waals surface area contributed by atoms with Crippen molar-refractivity contribution in [3.63, 3.8) is 0 Å². The van der Waals surface area contributed by atoms with E-state index in [-0.39, 0.29) is 11.5 Å². The van der Waals surface area contributed by atoms with Crippen molar-refractivity contribution in [1.29, 1.82) is 5.26 Å². The lowest BCUT2D eigenvalue weighted by Crippen LogP contribution is -2.16. The summed E-state index contributed by atoms with van der Waals surface area (Å²) in [4.78, 5) is 16.5. The fourth-order valence-electron chi connectivity index (χ4n) is 2.15. The number of nitrogens with one attached hydrogen (secondary N) is 2. The minimum atomic E-state index is -0.454. The van der Waals surface area contributed by atoms with Gasteiger partial charge in [-0.2, -0.15) is 5.26 Å². The van der Waals surface area contributed by atoms with Crippen LogP contribution in [0.25, 0.3) is 0 Å². The third-order valence-electron chi connectivity index (χ3n) is 3.47. The highest BCUT2D eigenvalue weighted by atomic mass is 16.1. The molecule has 1 amide bonds. The lowest BCUT2D eigenvalue weighted by Gasteiger charge is -2.13. The van der Waals surface area contributed by atoms with Gasteiger partial charge in [-0.05, 0) is 36.1 Å². The molecule has 0 spiro atoms. The van der Waals surface area contributed by atoms with E-state index in [0.29, 0.717) is 11.5 Å². The van der Waals surface area contributed by atoms with Crippen LogP contribution >= 0.6 is 0 Å². The first kappa shape index (κ1) is 17.2. The third kappa shape index (κ3) is 4.43. The molecular formula is C19H20N4O. The van der Waals surface area contributed by atoms with Crippen LogP contribution in [0.2, 0.25) is 0 Å². The summed E-state index contributed by atoms with van der Waals surface area (Å²) in [6.07, 6.45) is 3.08. The summed E-state index contributed by atoms with van der Waals surface area (Å²) in [5.41, 5.74) is 2.76. The van der Waals surface area contributed by atoms with Crippen LogP contribution in [0.3, 0.4) is 0 Å². The van der Waals surface area contributed by atoms with Crippen molar-refractivity contribution >= 4 is 17.4 Å². The summed E-state index contributed by atoms with van der Waals surface area (Å²) in [6.45, 7) is 6.04. The molecule has 1 aromatic carbocycles. The van der Waals surface area contributed by atoms with E-state index in [2.05, 4.69) is 29.5 Å². The highest BCUT2D eigenvalue weighted by Crippen LogP contribution is 2.24. The Bertz CT molecular complexity index is 786. The summed E-state index contributed by atoms with van der Waals surface area (Å²) in [5.74, 6) is 0.389. The van der Waals surface area contributed by atoms with E-state index < -0.39 is 5.91 Å². The zero-order valence-corrected chi connectivity index (χ0v) is 14.0. The lowest BCUT2D eigenvalue weighted by molar-refractivity contribution is -0.112. The van der Waals surface area contributed by atoms with Gasteiger partial charge in [0.2, 0.25) is 0 Å². The number of pyridine rings is 1. The third-order valence-corrected chi connectivity index (χ3v) is 3.47. The van der Waals surface area contributed by atoms with E-state index in [4.69, 9.17) is 0 Å². The maximum absolute atomic E-state index is 12.3. The molecule has 0 unspecified atom stereocenters. The van der Waals surface area contributed by atoms with Crippen molar-refractivity contribution in [2.45, 2.75) is 26.7 Å². The van der Waals surface area contributed by atoms with Crippen LogP contribution in [-0.4, -0.2) is 10.9 Å². The van der Waals surface area contributed by atoms with Crippen molar-refractivity contribution in [2.75, 3.05) is 10.6 Å². The number of para-hydroxylation sites is 1. The number of carbonyl (C=O) groups excluding carboxylic acids is 1. The van der Waals surface area contributed by atoms with Gasteiger partial charge in [0.25, 0.3) is 5.91 Å². The molecule has 0 aliphatic heterocycles. The van der Waals surface area contributed by atoms with Gasteiger partial charge < -0.3 is 10.6 Å². The molecule has 0 fully saturated rings. The smallest absolute Gasteiger partial charge is 0.267 e. The molecule has 0 saturated carbocycles. The van der Waals surface area contributed by atoms with Gasteiger partial charge >= 0.3 is 0 Å². The highest BCUT2D eigenvalue weighted by Gasteiger charge is 2.13. The predicted octanol–water partition coefficient (Wildman–Crippen LogP) is 3.97. The Balaban J connectivity index is 2.13. The number of rotatable bonds is 5. The molecule has 0 aliphatic rings. The molecule has 0 atom stereocenters. The first-order valence-electron chi connectivity index (χ1n) is 7.71. The monoisotopic (exact) mass is 320 g/mol. The second-order valence-electron chi connectivity index (χ2n) is 5.73. The van der Waals surface area contributed by atoms with Gasteiger partial charge in [-0.25, -0.2) is 4.98 Å². The fraction of sp³-hybridized carbons (Fsp3) is 0.211. The molecule has 1 aromatic heterocycles. The van der Waals surface area contributed by atoms with E-state index in [9.17, 15) is 10.1 Å². The molecule has 0 bridgehead atoms. The van der Waals surface area contributed by atoms with Gasteiger partial charge in [-0.15, -0.1) is 0 Å². The van der Waals surface area contributed by atoms with Crippen molar-refractivity contribution in [1.82, 2.24) is 4.98 Å². The van der Waals surface area contributed by atoms with Crippen LogP contribution in [0.15, 0.2) is 54.4 Å². The fourth-order valence-corrected chi connectivity index (χ4v) is 2.15. The predicted molar refractivity (Wildman–Crippen MR) is 95.5 cm³/mol. The quantitative estimate of drug-likeness (QED) is 0.645. The van der Waals surface area contributed by atoms with Gasteiger partial charge in [0.15, 0.2) is 0 Å². The van der Waals surface area contributed by atoms with Gasteiger partial charge in [-0.3, -0.25) is 4.79 Å². The zero-order valence-electron chi connectivity index (χ0n) is 14.0. The number of nitriles is 1. The van der Waals surface area contributed by atoms with Gasteiger partial charge in [0.05, 0.1) is 0 Å². The summed E-state index contributed by atoms with van der Waals surface area (Å²) >= 11 is 0. The van der Waals surface area contributed by atoms with Crippen LogP contribution in [0.1, 0.15) is 30.9 Å². The Labute approximate surface area is 142 Å². The molecule has 5 heteroatoms. The van der Waals surface area contributed by atoms with Crippen molar-refractivity contribution < 1.29 is 4.79 Å². The average Bonchev–Trinajstić information content (AvgIpc) is 2.57. The number of hydrogen-bond donors (Lipinski definition) is 2. The molecule has 2 rings (SSSR count). The van der Waals surface area contributed by atoms with Gasteiger partial charge in [0.1, 0.15) is 17.5 Å². The van der Waals surface area contributed by atoms with Crippen molar-refractivity contribution in [3.8, 4) is 6.07 Å². The Kier molecular flexibility index (Phi) is 5.69. The lowest BCUT2D eigenvalue weighted by atomic mass is 10.0. The Hall–Kier alpha value is -3.13. The van der Waals surface area contributed by atoms with Crippen LogP contribution in [0.4, 0.5) is 11.5 Å². The number of nitrogens with zero attached hydrogens (tertiary/aromatic N) is 2. The Morgan fingerprint density at radius 1 is 1.25 bits per heavy atom.